The first kappa shape index (κ1) is 18.8. The van der Waals surface area contributed by atoms with E-state index in [4.69, 9.17) is 9.47 Å². The molecule has 0 bridgehead atoms. The molecule has 2 N–H and O–H groups in total. The highest BCUT2D eigenvalue weighted by Gasteiger charge is 2.07. The zero-order valence-electron chi connectivity index (χ0n) is 14.1. The van der Waals surface area contributed by atoms with Gasteiger partial charge in [0.05, 0.1) is 19.8 Å². The molecule has 0 spiro atoms. The maximum absolute atomic E-state index is 11.6. The summed E-state index contributed by atoms with van der Waals surface area (Å²) in [6, 6.07) is 7.50. The average Bonchev–Trinajstić information content (AvgIpc) is 2.50. The first-order chi connectivity index (χ1) is 11.0. The fourth-order valence-corrected chi connectivity index (χ4v) is 1.90. The van der Waals surface area contributed by atoms with Crippen molar-refractivity contribution in [3.63, 3.8) is 0 Å². The van der Waals surface area contributed by atoms with E-state index in [-0.39, 0.29) is 24.4 Å². The normalized spacial score (nSPS) is 10.3. The Morgan fingerprint density at radius 3 is 2.35 bits per heavy atom. The van der Waals surface area contributed by atoms with Gasteiger partial charge in [0.15, 0.2) is 11.5 Å². The van der Waals surface area contributed by atoms with E-state index in [0.29, 0.717) is 37.6 Å². The molecule has 1 aromatic carbocycles. The minimum Gasteiger partial charge on any atom is -0.490 e. The highest BCUT2D eigenvalue weighted by Crippen LogP contribution is 2.26. The Morgan fingerprint density at radius 2 is 1.74 bits per heavy atom. The lowest BCUT2D eigenvalue weighted by Gasteiger charge is -2.11. The van der Waals surface area contributed by atoms with Crippen LogP contribution in [0.3, 0.4) is 0 Å². The summed E-state index contributed by atoms with van der Waals surface area (Å²) in [5.74, 6) is 1.02. The number of carbonyl (C=O) groups is 2. The fourth-order valence-electron chi connectivity index (χ4n) is 1.90. The maximum Gasteiger partial charge on any atom is 0.239 e. The maximum atomic E-state index is 11.6. The molecule has 1 aromatic rings. The lowest BCUT2D eigenvalue weighted by Crippen LogP contribution is -2.39. The third-order valence-electron chi connectivity index (χ3n) is 2.85. The van der Waals surface area contributed by atoms with Crippen molar-refractivity contribution < 1.29 is 19.1 Å². The van der Waals surface area contributed by atoms with E-state index in [0.717, 1.165) is 0 Å². The molecule has 6 nitrogen and oxygen atoms in total. The molecule has 128 valence electrons. The molecule has 0 saturated heterocycles. The van der Waals surface area contributed by atoms with Crippen LogP contribution in [-0.2, 0) is 9.59 Å². The van der Waals surface area contributed by atoms with Crippen molar-refractivity contribution in [2.75, 3.05) is 19.8 Å². The molecule has 0 radical (unpaired) electrons. The number of hydrogen-bond acceptors (Lipinski definition) is 4. The van der Waals surface area contributed by atoms with Crippen LogP contribution < -0.4 is 20.1 Å². The standard InChI is InChI=1S/C17H26N2O4/c1-4-22-14-8-5-6-9-15(14)23-11-7-10-16(20)18-12-17(21)19-13(2)3/h5-6,8-9,13H,4,7,10-12H2,1-3H3,(H,18,20)(H,19,21). The Labute approximate surface area is 137 Å². The Bertz CT molecular complexity index is 503. The lowest BCUT2D eigenvalue weighted by molar-refractivity contribution is -0.126. The van der Waals surface area contributed by atoms with Crippen molar-refractivity contribution in [2.45, 2.75) is 39.7 Å². The van der Waals surface area contributed by atoms with Gasteiger partial charge in [-0.15, -0.1) is 0 Å². The Kier molecular flexibility index (Phi) is 8.57. The van der Waals surface area contributed by atoms with E-state index in [9.17, 15) is 9.59 Å². The molecule has 2 amide bonds. The van der Waals surface area contributed by atoms with Gasteiger partial charge in [-0.2, -0.15) is 0 Å². The van der Waals surface area contributed by atoms with Gasteiger partial charge in [0.1, 0.15) is 0 Å². The first-order valence-corrected chi connectivity index (χ1v) is 7.93. The minimum absolute atomic E-state index is 0.00500. The van der Waals surface area contributed by atoms with Crippen molar-refractivity contribution in [3.05, 3.63) is 24.3 Å². The van der Waals surface area contributed by atoms with Crippen LogP contribution in [0.5, 0.6) is 11.5 Å². The monoisotopic (exact) mass is 322 g/mol. The van der Waals surface area contributed by atoms with E-state index in [1.54, 1.807) is 0 Å². The molecule has 23 heavy (non-hydrogen) atoms. The molecular formula is C17H26N2O4. The van der Waals surface area contributed by atoms with Gasteiger partial charge in [-0.05, 0) is 39.3 Å². The highest BCUT2D eigenvalue weighted by molar-refractivity contribution is 5.84. The summed E-state index contributed by atoms with van der Waals surface area (Å²) >= 11 is 0. The molecule has 0 aliphatic carbocycles. The van der Waals surface area contributed by atoms with E-state index >= 15 is 0 Å². The van der Waals surface area contributed by atoms with Crippen LogP contribution in [0.1, 0.15) is 33.6 Å². The number of hydrogen-bond donors (Lipinski definition) is 2. The molecule has 1 rings (SSSR count). The van der Waals surface area contributed by atoms with Gasteiger partial charge in [-0.25, -0.2) is 0 Å². The number of rotatable bonds is 10. The summed E-state index contributed by atoms with van der Waals surface area (Å²) in [4.78, 5) is 23.1. The molecular weight excluding hydrogens is 296 g/mol. The van der Waals surface area contributed by atoms with Crippen molar-refractivity contribution in [2.24, 2.45) is 0 Å². The van der Waals surface area contributed by atoms with Crippen LogP contribution in [0.15, 0.2) is 24.3 Å². The van der Waals surface area contributed by atoms with Crippen molar-refractivity contribution >= 4 is 11.8 Å². The van der Waals surface area contributed by atoms with E-state index < -0.39 is 0 Å². The number of carbonyl (C=O) groups excluding carboxylic acids is 2. The van der Waals surface area contributed by atoms with Crippen molar-refractivity contribution in [3.8, 4) is 11.5 Å². The number of benzene rings is 1. The topological polar surface area (TPSA) is 76.7 Å². The summed E-state index contributed by atoms with van der Waals surface area (Å²) in [7, 11) is 0. The summed E-state index contributed by atoms with van der Waals surface area (Å²) < 4.78 is 11.1. The molecule has 0 atom stereocenters. The zero-order chi connectivity index (χ0) is 17.1. The third-order valence-corrected chi connectivity index (χ3v) is 2.85. The number of ether oxygens (including phenoxy) is 2. The second-order valence-electron chi connectivity index (χ2n) is 5.33. The zero-order valence-corrected chi connectivity index (χ0v) is 14.1. The second kappa shape index (κ2) is 10.5. The van der Waals surface area contributed by atoms with Gasteiger partial charge in [0.2, 0.25) is 11.8 Å². The van der Waals surface area contributed by atoms with Crippen LogP contribution in [-0.4, -0.2) is 37.6 Å². The number of amides is 2. The first-order valence-electron chi connectivity index (χ1n) is 7.93. The molecule has 0 heterocycles. The lowest BCUT2D eigenvalue weighted by atomic mass is 10.3. The van der Waals surface area contributed by atoms with Gasteiger partial charge in [-0.1, -0.05) is 12.1 Å². The van der Waals surface area contributed by atoms with Gasteiger partial charge < -0.3 is 20.1 Å². The Balaban J connectivity index is 2.22. The molecule has 0 saturated carbocycles. The third kappa shape index (κ3) is 8.09. The predicted octanol–water partition coefficient (Wildman–Crippen LogP) is 1.89. The fraction of sp³-hybridized carbons (Fsp3) is 0.529. The van der Waals surface area contributed by atoms with Gasteiger partial charge >= 0.3 is 0 Å². The number of para-hydroxylation sites is 2. The Morgan fingerprint density at radius 1 is 1.09 bits per heavy atom. The summed E-state index contributed by atoms with van der Waals surface area (Å²) in [6.07, 6.45) is 0.879. The van der Waals surface area contributed by atoms with Crippen molar-refractivity contribution in [1.82, 2.24) is 10.6 Å². The van der Waals surface area contributed by atoms with Crippen molar-refractivity contribution in [1.29, 1.82) is 0 Å². The van der Waals surface area contributed by atoms with Crippen LogP contribution >= 0.6 is 0 Å². The molecule has 6 heteroatoms. The predicted molar refractivity (Wildman–Crippen MR) is 88.6 cm³/mol. The summed E-state index contributed by atoms with van der Waals surface area (Å²) in [5, 5.41) is 5.30. The minimum atomic E-state index is -0.185. The van der Waals surface area contributed by atoms with Crippen LogP contribution in [0.25, 0.3) is 0 Å². The average molecular weight is 322 g/mol. The van der Waals surface area contributed by atoms with Gasteiger partial charge in [0.25, 0.3) is 0 Å². The highest BCUT2D eigenvalue weighted by atomic mass is 16.5. The second-order valence-corrected chi connectivity index (χ2v) is 5.33. The quantitative estimate of drug-likeness (QED) is 0.645. The summed E-state index contributed by atoms with van der Waals surface area (Å²) in [5.41, 5.74) is 0. The number of nitrogens with one attached hydrogen (secondary N) is 2. The van der Waals surface area contributed by atoms with E-state index in [1.807, 2.05) is 45.0 Å². The molecule has 0 aliphatic rings. The smallest absolute Gasteiger partial charge is 0.239 e. The van der Waals surface area contributed by atoms with E-state index in [2.05, 4.69) is 10.6 Å². The summed E-state index contributed by atoms with van der Waals surface area (Å²) in [6.45, 7) is 6.65. The van der Waals surface area contributed by atoms with Crippen LogP contribution in [0, 0.1) is 0 Å². The SMILES string of the molecule is CCOc1ccccc1OCCCC(=O)NCC(=O)NC(C)C. The van der Waals surface area contributed by atoms with E-state index in [1.165, 1.54) is 0 Å². The van der Waals surface area contributed by atoms with Crippen LogP contribution in [0.2, 0.25) is 0 Å². The molecule has 0 fully saturated rings. The van der Waals surface area contributed by atoms with Gasteiger partial charge in [-0.3, -0.25) is 9.59 Å². The molecule has 0 aliphatic heterocycles. The molecule has 0 unspecified atom stereocenters. The van der Waals surface area contributed by atoms with Gasteiger partial charge in [0, 0.05) is 12.5 Å². The Hall–Kier alpha value is -2.24. The largest absolute Gasteiger partial charge is 0.490 e. The van der Waals surface area contributed by atoms with Crippen LogP contribution in [0.4, 0.5) is 0 Å². The molecule has 0 aromatic heterocycles.